The molecule has 24 rings (SSSR count). The van der Waals surface area contributed by atoms with Crippen LogP contribution in [0.25, 0.3) is 210 Å². The Morgan fingerprint density at radius 2 is 0.793 bits per heavy atom. The fourth-order valence-electron chi connectivity index (χ4n) is 18.0. The summed E-state index contributed by atoms with van der Waals surface area (Å²) in [6.07, 6.45) is 4.94. The van der Waals surface area contributed by atoms with E-state index in [1.807, 2.05) is 0 Å². The summed E-state index contributed by atoms with van der Waals surface area (Å²) in [4.78, 5) is 26.3. The van der Waals surface area contributed by atoms with Crippen molar-refractivity contribution in [3.05, 3.63) is 391 Å². The summed E-state index contributed by atoms with van der Waals surface area (Å²) in [5.41, 5.74) is 21.3. The predicted molar refractivity (Wildman–Crippen MR) is 477 cm³/mol. The zero-order chi connectivity index (χ0) is 76.1. The maximum Gasteiger partial charge on any atom is 0.164 e. The molecule has 1 aliphatic carbocycles. The normalized spacial score (nSPS) is 14.3. The average Bonchev–Trinajstić information content (AvgIpc) is 1.62. The fraction of sp³-hybridized carbons (Fsp3) is 0.0283. The first kappa shape index (κ1) is 65.3. The van der Waals surface area contributed by atoms with E-state index in [2.05, 4.69) is 379 Å². The summed E-state index contributed by atoms with van der Waals surface area (Å²) in [6.45, 7) is 0. The van der Waals surface area contributed by atoms with Gasteiger partial charge in [0, 0.05) is 76.3 Å². The second kappa shape index (κ2) is 26.1. The smallest absolute Gasteiger partial charge is 0.164 e. The standard InChI is InChI=1S/C106H65N8O2/c1-2-14-63(15-3-1)75-40-46-87-85-22-10-12-24-93(85)114(96(87)58-75)84-45-51-98-92(62-84)89-48-42-81(60-100(89)116-98)106-111-103(78-38-33-66-18-6-9-21-72(66)54-78)108-104(112-106)79-39-34-69-30-35-73(55-82(69)56-79)67-26-28-68(29-27-67)74-43-49-95-90(57-74)86-23-11-13-25-94(86)113(95)83-44-50-97-91(61-83)88-47-41-80(59-99(88)115-97)105-109-101(76-36-31-64-16-4-7-19-70(64)52-76)107-102(110-105)77-37-32-65-17-5-8-20-71(65)53-77/h1-43,45-62,83,101H,44H2/q-1. The van der Waals surface area contributed by atoms with E-state index in [0.717, 1.165) is 155 Å². The van der Waals surface area contributed by atoms with Crippen LogP contribution in [0.4, 0.5) is 0 Å². The molecule has 0 fully saturated rings. The van der Waals surface area contributed by atoms with Gasteiger partial charge in [-0.25, -0.2) is 15.0 Å². The molecule has 0 bridgehead atoms. The van der Waals surface area contributed by atoms with Crippen molar-refractivity contribution in [2.24, 2.45) is 9.98 Å². The lowest BCUT2D eigenvalue weighted by Crippen LogP contribution is -2.26. The molecule has 2 atom stereocenters. The Morgan fingerprint density at radius 1 is 0.302 bits per heavy atom. The highest BCUT2D eigenvalue weighted by molar-refractivity contribution is 6.20. The topological polar surface area (TPSA) is 114 Å². The fourth-order valence-corrected chi connectivity index (χ4v) is 18.0. The van der Waals surface area contributed by atoms with E-state index in [1.54, 1.807) is 0 Å². The molecular weight excluding hydrogens is 1420 g/mol. The van der Waals surface area contributed by atoms with Crippen LogP contribution < -0.4 is 10.6 Å². The average molecular weight is 1480 g/mol. The molecule has 0 saturated heterocycles. The van der Waals surface area contributed by atoms with E-state index in [0.29, 0.717) is 29.1 Å². The molecule has 17 aromatic carbocycles. The van der Waals surface area contributed by atoms with Gasteiger partial charge in [-0.2, -0.15) is 0 Å². The van der Waals surface area contributed by atoms with Crippen molar-refractivity contribution in [2.45, 2.75) is 18.6 Å². The molecule has 5 aromatic heterocycles. The molecule has 2 unspecified atom stereocenters. The van der Waals surface area contributed by atoms with Crippen molar-refractivity contribution in [1.82, 2.24) is 24.1 Å². The van der Waals surface area contributed by atoms with Crippen LogP contribution in [0.3, 0.4) is 0 Å². The second-order valence-corrected chi connectivity index (χ2v) is 30.6. The Labute approximate surface area is 664 Å². The SMILES string of the molecule is C1=c2oc3cc(C4=NC(c5ccc6ccccc6c5)=NC(c5ccc6ccccc6c5)[N-]4)ccc3c2=CC(n2c3ccccc3c3cc(-c4ccc(-c5ccc6ccc(-c7nc(-c8ccc9ccccc9c8)nc(-c8ccc9c(c8)oc8ccc(-n%10c%11ccccc%11c%11ccc(-c%12ccccc%12)cc%11%10)cc89)n7)cc6c5)cc4)ccc32)C1. The Bertz CT molecular complexity index is 8120. The molecule has 10 heteroatoms. The zero-order valence-electron chi connectivity index (χ0n) is 62.5. The van der Waals surface area contributed by atoms with Gasteiger partial charge in [-0.3, -0.25) is 4.99 Å². The third kappa shape index (κ3) is 11.0. The van der Waals surface area contributed by atoms with E-state index in [-0.39, 0.29) is 6.04 Å². The molecular formula is C106H65N8O2-. The summed E-state index contributed by atoms with van der Waals surface area (Å²) in [5.74, 6) is 2.98. The van der Waals surface area contributed by atoms with Crippen molar-refractivity contribution in [2.75, 3.05) is 0 Å². The Morgan fingerprint density at radius 3 is 1.53 bits per heavy atom. The minimum Gasteiger partial charge on any atom is -0.456 e. The zero-order valence-corrected chi connectivity index (χ0v) is 62.5. The minimum atomic E-state index is -0.488. The van der Waals surface area contributed by atoms with E-state index in [4.69, 9.17) is 39.1 Å². The molecule has 6 heterocycles. The number of hydrogen-bond donors (Lipinski definition) is 0. The molecule has 0 spiro atoms. The number of hydrogen-bond acceptors (Lipinski definition) is 7. The van der Waals surface area contributed by atoms with Gasteiger partial charge in [0.05, 0.1) is 29.1 Å². The van der Waals surface area contributed by atoms with Crippen LogP contribution in [0, 0.1) is 0 Å². The number of amidine groups is 2. The first-order valence-corrected chi connectivity index (χ1v) is 39.5. The van der Waals surface area contributed by atoms with Crippen molar-refractivity contribution >= 4 is 143 Å². The van der Waals surface area contributed by atoms with Crippen LogP contribution in [-0.4, -0.2) is 35.8 Å². The minimum absolute atomic E-state index is 0.0364. The molecule has 0 N–H and O–H groups in total. The third-order valence-electron chi connectivity index (χ3n) is 23.8. The first-order valence-electron chi connectivity index (χ1n) is 39.5. The highest BCUT2D eigenvalue weighted by Gasteiger charge is 2.24. The number of fused-ring (bicyclic) bond motifs is 16. The molecule has 1 aliphatic heterocycles. The van der Waals surface area contributed by atoms with Gasteiger partial charge in [0.25, 0.3) is 0 Å². The number of aromatic nitrogens is 5. The highest BCUT2D eigenvalue weighted by Crippen LogP contribution is 2.43. The van der Waals surface area contributed by atoms with Crippen molar-refractivity contribution in [3.63, 3.8) is 0 Å². The number of furan rings is 2. The largest absolute Gasteiger partial charge is 0.456 e. The quantitative estimate of drug-likeness (QED) is 0.128. The summed E-state index contributed by atoms with van der Waals surface area (Å²) in [6, 6.07) is 128. The van der Waals surface area contributed by atoms with E-state index < -0.39 is 6.17 Å². The molecule has 116 heavy (non-hydrogen) atoms. The second-order valence-electron chi connectivity index (χ2n) is 30.6. The summed E-state index contributed by atoms with van der Waals surface area (Å²) in [5, 5.41) is 23.4. The Balaban J connectivity index is 0.530. The summed E-state index contributed by atoms with van der Waals surface area (Å²) in [7, 11) is 0. The van der Waals surface area contributed by atoms with Crippen molar-refractivity contribution in [3.8, 4) is 73.2 Å². The van der Waals surface area contributed by atoms with E-state index in [1.165, 1.54) is 54.5 Å². The monoisotopic (exact) mass is 1480 g/mol. The lowest BCUT2D eigenvalue weighted by molar-refractivity contribution is 0.564. The lowest BCUT2D eigenvalue weighted by atomic mass is 9.97. The predicted octanol–water partition coefficient (Wildman–Crippen LogP) is 25.8. The first-order chi connectivity index (χ1) is 57.4. The maximum absolute atomic E-state index is 6.78. The third-order valence-corrected chi connectivity index (χ3v) is 23.8. The maximum atomic E-state index is 6.78. The van der Waals surface area contributed by atoms with Crippen LogP contribution >= 0.6 is 0 Å². The molecule has 542 valence electrons. The van der Waals surface area contributed by atoms with Crippen LogP contribution in [0.15, 0.2) is 377 Å². The van der Waals surface area contributed by atoms with Crippen LogP contribution in [-0.2, 0) is 0 Å². The molecule has 2 aliphatic rings. The molecule has 10 nitrogen and oxygen atoms in total. The Hall–Kier alpha value is -15.4. The van der Waals surface area contributed by atoms with Crippen molar-refractivity contribution < 1.29 is 8.83 Å². The molecule has 0 radical (unpaired) electrons. The van der Waals surface area contributed by atoms with Crippen LogP contribution in [0.2, 0.25) is 0 Å². The number of benzene rings is 17. The van der Waals surface area contributed by atoms with Crippen LogP contribution in [0.5, 0.6) is 0 Å². The van der Waals surface area contributed by atoms with Crippen LogP contribution in [0.1, 0.15) is 35.3 Å². The highest BCUT2D eigenvalue weighted by atomic mass is 16.3. The van der Waals surface area contributed by atoms with Gasteiger partial charge in [-0.15, -0.1) is 0 Å². The molecule has 0 amide bonds. The van der Waals surface area contributed by atoms with Gasteiger partial charge < -0.3 is 28.3 Å². The summed E-state index contributed by atoms with van der Waals surface area (Å²) < 4.78 is 18.4. The lowest BCUT2D eigenvalue weighted by Gasteiger charge is -2.32. The Kier molecular flexibility index (Phi) is 14.7. The number of aliphatic imine (C=N–C) groups is 2. The van der Waals surface area contributed by atoms with Gasteiger partial charge in [0.2, 0.25) is 0 Å². The van der Waals surface area contributed by atoms with Gasteiger partial charge in [0.1, 0.15) is 22.2 Å². The number of para-hydroxylation sites is 2. The molecule has 22 aromatic rings. The molecule has 0 saturated carbocycles. The number of nitrogens with zero attached hydrogens (tertiary/aromatic N) is 8. The van der Waals surface area contributed by atoms with Crippen molar-refractivity contribution in [1.29, 1.82) is 0 Å². The van der Waals surface area contributed by atoms with E-state index in [9.17, 15) is 0 Å². The van der Waals surface area contributed by atoms with E-state index >= 15 is 0 Å². The summed E-state index contributed by atoms with van der Waals surface area (Å²) >= 11 is 0. The van der Waals surface area contributed by atoms with Gasteiger partial charge in [-0.1, -0.05) is 261 Å². The van der Waals surface area contributed by atoms with Gasteiger partial charge in [-0.05, 0) is 215 Å². The van der Waals surface area contributed by atoms with Gasteiger partial charge >= 0.3 is 0 Å². The number of rotatable bonds is 11. The van der Waals surface area contributed by atoms with Gasteiger partial charge in [0.15, 0.2) is 17.5 Å².